The van der Waals surface area contributed by atoms with Crippen LogP contribution in [-0.2, 0) is 7.05 Å². The van der Waals surface area contributed by atoms with Gasteiger partial charge in [-0.2, -0.15) is 5.10 Å². The normalized spacial score (nSPS) is 16.9. The molecule has 4 N–H and O–H groups in total. The van der Waals surface area contributed by atoms with Gasteiger partial charge < -0.3 is 11.5 Å². The first-order valence-electron chi connectivity index (χ1n) is 7.23. The van der Waals surface area contributed by atoms with Gasteiger partial charge in [-0.1, -0.05) is 38.0 Å². The lowest BCUT2D eigenvalue weighted by molar-refractivity contribution is 0.100. The van der Waals surface area contributed by atoms with E-state index in [9.17, 15) is 4.79 Å². The Kier molecular flexibility index (Phi) is 4.67. The smallest absolute Gasteiger partial charge is 0.255 e. The molecule has 0 aromatic carbocycles. The number of hydrogen-bond donors (Lipinski definition) is 2. The van der Waals surface area contributed by atoms with Gasteiger partial charge in [0.1, 0.15) is 17.1 Å². The van der Waals surface area contributed by atoms with Crippen molar-refractivity contribution in [3.63, 3.8) is 0 Å². The zero-order valence-corrected chi connectivity index (χ0v) is 12.0. The van der Waals surface area contributed by atoms with E-state index < -0.39 is 5.91 Å². The summed E-state index contributed by atoms with van der Waals surface area (Å²) in [6.07, 6.45) is 8.63. The Balaban J connectivity index is 2.19. The fraction of sp³-hybridized carbons (Fsp3) is 0.600. The van der Waals surface area contributed by atoms with Crippen molar-refractivity contribution in [1.82, 2.24) is 9.78 Å². The molecule has 0 radical (unpaired) electrons. The summed E-state index contributed by atoms with van der Waals surface area (Å²) < 4.78 is 1.45. The number of amides is 1. The molecule has 0 bridgehead atoms. The van der Waals surface area contributed by atoms with E-state index in [2.05, 4.69) is 16.9 Å². The maximum absolute atomic E-state index is 11.4. The average Bonchev–Trinajstić information content (AvgIpc) is 2.63. The standard InChI is InChI=1S/C15H22N4O/c1-19-14(16)13(15(17)20)12(18-19)10-9-11-7-5-3-2-4-6-8-11/h11H,2-8,16H2,1H3,(H2,17,20). The molecule has 0 unspecified atom stereocenters. The van der Waals surface area contributed by atoms with E-state index in [1.807, 2.05) is 0 Å². The molecule has 1 fully saturated rings. The minimum atomic E-state index is -0.572. The van der Waals surface area contributed by atoms with Gasteiger partial charge in [0.05, 0.1) is 0 Å². The summed E-state index contributed by atoms with van der Waals surface area (Å²) in [6, 6.07) is 0. The number of aryl methyl sites for hydroxylation is 1. The third-order valence-electron chi connectivity index (χ3n) is 3.84. The van der Waals surface area contributed by atoms with Crippen LogP contribution >= 0.6 is 0 Å². The number of primary amides is 1. The van der Waals surface area contributed by atoms with Crippen LogP contribution in [0, 0.1) is 17.8 Å². The molecule has 1 saturated carbocycles. The van der Waals surface area contributed by atoms with Crippen molar-refractivity contribution >= 4 is 11.7 Å². The Morgan fingerprint density at radius 1 is 1.25 bits per heavy atom. The molecular formula is C15H22N4O. The summed E-state index contributed by atoms with van der Waals surface area (Å²) in [5, 5.41) is 4.17. The summed E-state index contributed by atoms with van der Waals surface area (Å²) in [6.45, 7) is 0. The van der Waals surface area contributed by atoms with Crippen LogP contribution in [0.3, 0.4) is 0 Å². The Bertz CT molecular complexity index is 542. The molecular weight excluding hydrogens is 252 g/mol. The summed E-state index contributed by atoms with van der Waals surface area (Å²) >= 11 is 0. The van der Waals surface area contributed by atoms with Crippen LogP contribution in [0.2, 0.25) is 0 Å². The van der Waals surface area contributed by atoms with Crippen molar-refractivity contribution in [3.8, 4) is 11.8 Å². The summed E-state index contributed by atoms with van der Waals surface area (Å²) in [5.74, 6) is 6.36. The topological polar surface area (TPSA) is 86.9 Å². The van der Waals surface area contributed by atoms with E-state index in [1.165, 1.54) is 36.8 Å². The first-order chi connectivity index (χ1) is 9.59. The molecule has 5 nitrogen and oxygen atoms in total. The maximum Gasteiger partial charge on any atom is 0.255 e. The number of aromatic nitrogens is 2. The van der Waals surface area contributed by atoms with Crippen molar-refractivity contribution in [2.75, 3.05) is 5.73 Å². The molecule has 1 aliphatic rings. The van der Waals surface area contributed by atoms with Gasteiger partial charge in [-0.15, -0.1) is 0 Å². The molecule has 1 amide bonds. The van der Waals surface area contributed by atoms with Crippen LogP contribution in [0.15, 0.2) is 0 Å². The zero-order chi connectivity index (χ0) is 14.5. The second kappa shape index (κ2) is 6.47. The molecule has 20 heavy (non-hydrogen) atoms. The summed E-state index contributed by atoms with van der Waals surface area (Å²) in [4.78, 5) is 11.4. The van der Waals surface area contributed by atoms with Gasteiger partial charge in [-0.05, 0) is 18.8 Å². The molecule has 0 atom stereocenters. The number of hydrogen-bond acceptors (Lipinski definition) is 3. The highest BCUT2D eigenvalue weighted by Crippen LogP contribution is 2.22. The fourth-order valence-electron chi connectivity index (χ4n) is 2.64. The van der Waals surface area contributed by atoms with E-state index in [0.717, 1.165) is 12.8 Å². The predicted octanol–water partition coefficient (Wildman–Crippen LogP) is 1.81. The second-order valence-corrected chi connectivity index (χ2v) is 5.41. The number of nitrogen functional groups attached to an aromatic ring is 1. The number of nitrogens with zero attached hydrogens (tertiary/aromatic N) is 2. The highest BCUT2D eigenvalue weighted by atomic mass is 16.1. The monoisotopic (exact) mass is 274 g/mol. The SMILES string of the molecule is Cn1nc(C#CC2CCCCCCC2)c(C(N)=O)c1N. The Labute approximate surface area is 119 Å². The summed E-state index contributed by atoms with van der Waals surface area (Å²) in [7, 11) is 1.68. The quantitative estimate of drug-likeness (QED) is 0.766. The molecule has 1 aromatic heterocycles. The third kappa shape index (κ3) is 3.32. The largest absolute Gasteiger partial charge is 0.383 e. The molecule has 0 spiro atoms. The number of rotatable bonds is 1. The molecule has 108 valence electrons. The van der Waals surface area contributed by atoms with Gasteiger partial charge in [0, 0.05) is 13.0 Å². The van der Waals surface area contributed by atoms with E-state index in [4.69, 9.17) is 11.5 Å². The number of carbonyl (C=O) groups is 1. The number of nitrogens with two attached hydrogens (primary N) is 2. The lowest BCUT2D eigenvalue weighted by Gasteiger charge is -2.13. The summed E-state index contributed by atoms with van der Waals surface area (Å²) in [5.41, 5.74) is 11.8. The molecule has 0 saturated heterocycles. The molecule has 5 heteroatoms. The number of carbonyl (C=O) groups excluding carboxylic acids is 1. The molecule has 1 heterocycles. The van der Waals surface area contributed by atoms with Crippen LogP contribution in [0.5, 0.6) is 0 Å². The molecule has 0 aliphatic heterocycles. The minimum absolute atomic E-state index is 0.242. The molecule has 1 aromatic rings. The molecule has 1 aliphatic carbocycles. The lowest BCUT2D eigenvalue weighted by atomic mass is 9.91. The van der Waals surface area contributed by atoms with Gasteiger partial charge in [-0.25, -0.2) is 0 Å². The average molecular weight is 274 g/mol. The van der Waals surface area contributed by atoms with Crippen LogP contribution in [0.25, 0.3) is 0 Å². The lowest BCUT2D eigenvalue weighted by Crippen LogP contribution is -2.14. The van der Waals surface area contributed by atoms with Crippen molar-refractivity contribution in [3.05, 3.63) is 11.3 Å². The van der Waals surface area contributed by atoms with Gasteiger partial charge >= 0.3 is 0 Å². The van der Waals surface area contributed by atoms with E-state index in [1.54, 1.807) is 7.05 Å². The second-order valence-electron chi connectivity index (χ2n) is 5.41. The third-order valence-corrected chi connectivity index (χ3v) is 3.84. The van der Waals surface area contributed by atoms with Crippen molar-refractivity contribution < 1.29 is 4.79 Å². The fourth-order valence-corrected chi connectivity index (χ4v) is 2.64. The van der Waals surface area contributed by atoms with Crippen LogP contribution in [0.4, 0.5) is 5.82 Å². The maximum atomic E-state index is 11.4. The first-order valence-corrected chi connectivity index (χ1v) is 7.23. The molecule has 2 rings (SSSR count). The number of anilines is 1. The van der Waals surface area contributed by atoms with E-state index in [-0.39, 0.29) is 11.4 Å². The van der Waals surface area contributed by atoms with Crippen molar-refractivity contribution in [2.24, 2.45) is 18.7 Å². The first kappa shape index (κ1) is 14.4. The van der Waals surface area contributed by atoms with Crippen molar-refractivity contribution in [1.29, 1.82) is 0 Å². The van der Waals surface area contributed by atoms with Crippen LogP contribution in [0.1, 0.15) is 61.0 Å². The van der Waals surface area contributed by atoms with Gasteiger partial charge in [0.2, 0.25) is 0 Å². The Hall–Kier alpha value is -1.96. The predicted molar refractivity (Wildman–Crippen MR) is 78.8 cm³/mol. The van der Waals surface area contributed by atoms with Crippen molar-refractivity contribution in [2.45, 2.75) is 44.9 Å². The van der Waals surface area contributed by atoms with Gasteiger partial charge in [0.15, 0.2) is 0 Å². The van der Waals surface area contributed by atoms with Crippen LogP contribution < -0.4 is 11.5 Å². The van der Waals surface area contributed by atoms with Gasteiger partial charge in [0.25, 0.3) is 5.91 Å². The van der Waals surface area contributed by atoms with Gasteiger partial charge in [-0.3, -0.25) is 9.48 Å². The Morgan fingerprint density at radius 2 is 1.85 bits per heavy atom. The Morgan fingerprint density at radius 3 is 2.45 bits per heavy atom. The van der Waals surface area contributed by atoms with E-state index in [0.29, 0.717) is 11.6 Å². The van der Waals surface area contributed by atoms with Crippen LogP contribution in [-0.4, -0.2) is 15.7 Å². The van der Waals surface area contributed by atoms with E-state index >= 15 is 0 Å². The minimum Gasteiger partial charge on any atom is -0.383 e. The zero-order valence-electron chi connectivity index (χ0n) is 12.0. The highest BCUT2D eigenvalue weighted by molar-refractivity contribution is 5.99. The highest BCUT2D eigenvalue weighted by Gasteiger charge is 2.17.